The summed E-state index contributed by atoms with van der Waals surface area (Å²) in [6.07, 6.45) is 2.24. The Bertz CT molecular complexity index is 570. The summed E-state index contributed by atoms with van der Waals surface area (Å²) >= 11 is 0. The lowest BCUT2D eigenvalue weighted by atomic mass is 9.94. The highest BCUT2D eigenvalue weighted by Gasteiger charge is 2.37. The first-order valence-corrected chi connectivity index (χ1v) is 7.49. The van der Waals surface area contributed by atoms with Crippen molar-refractivity contribution in [2.45, 2.75) is 32.3 Å². The Morgan fingerprint density at radius 3 is 3.05 bits per heavy atom. The third kappa shape index (κ3) is 2.42. The molecule has 112 valence electrons. The molecule has 1 saturated heterocycles. The van der Waals surface area contributed by atoms with Crippen LogP contribution in [0, 0.1) is 5.92 Å². The molecule has 3 rings (SSSR count). The van der Waals surface area contributed by atoms with Gasteiger partial charge in [-0.1, -0.05) is 30.3 Å². The van der Waals surface area contributed by atoms with E-state index in [0.29, 0.717) is 25.3 Å². The number of fused-ring (bicyclic) bond motifs is 1. The second kappa shape index (κ2) is 5.85. The van der Waals surface area contributed by atoms with E-state index in [-0.39, 0.29) is 17.9 Å². The van der Waals surface area contributed by atoms with Crippen molar-refractivity contribution in [3.63, 3.8) is 0 Å². The van der Waals surface area contributed by atoms with Crippen molar-refractivity contribution in [3.8, 4) is 0 Å². The highest BCUT2D eigenvalue weighted by molar-refractivity contribution is 6.11. The molecule has 21 heavy (non-hydrogen) atoms. The molecule has 0 bridgehead atoms. The fourth-order valence-corrected chi connectivity index (χ4v) is 3.29. The van der Waals surface area contributed by atoms with Gasteiger partial charge in [-0.05, 0) is 18.9 Å². The number of amides is 1. The van der Waals surface area contributed by atoms with E-state index in [4.69, 9.17) is 9.94 Å². The summed E-state index contributed by atoms with van der Waals surface area (Å²) in [6.45, 7) is 3.27. The van der Waals surface area contributed by atoms with Gasteiger partial charge in [-0.25, -0.2) is 0 Å². The van der Waals surface area contributed by atoms with Crippen LogP contribution in [0.1, 0.15) is 31.7 Å². The van der Waals surface area contributed by atoms with E-state index in [1.165, 1.54) is 0 Å². The Hall–Kier alpha value is -1.88. The van der Waals surface area contributed by atoms with E-state index in [9.17, 15) is 4.79 Å². The molecular weight excluding hydrogens is 268 g/mol. The Morgan fingerprint density at radius 1 is 1.48 bits per heavy atom. The fraction of sp³-hybridized carbons (Fsp3) is 0.500. The summed E-state index contributed by atoms with van der Waals surface area (Å²) in [6, 6.07) is 7.61. The first-order chi connectivity index (χ1) is 10.3. The van der Waals surface area contributed by atoms with Crippen LogP contribution in [0.4, 0.5) is 5.69 Å². The zero-order valence-corrected chi connectivity index (χ0v) is 12.2. The average Bonchev–Trinajstić information content (AvgIpc) is 3.01. The molecule has 0 spiro atoms. The number of hydrogen-bond donors (Lipinski definition) is 1. The molecule has 0 radical (unpaired) electrons. The smallest absolute Gasteiger partial charge is 0.232 e. The van der Waals surface area contributed by atoms with Gasteiger partial charge in [0.25, 0.3) is 0 Å². The number of rotatable bonds is 2. The molecule has 1 aromatic rings. The van der Waals surface area contributed by atoms with Crippen molar-refractivity contribution in [3.05, 3.63) is 29.8 Å². The summed E-state index contributed by atoms with van der Waals surface area (Å²) < 4.78 is 5.65. The van der Waals surface area contributed by atoms with Crippen molar-refractivity contribution in [2.75, 3.05) is 18.1 Å². The monoisotopic (exact) mass is 288 g/mol. The average molecular weight is 288 g/mol. The Morgan fingerprint density at radius 2 is 2.29 bits per heavy atom. The molecule has 2 heterocycles. The van der Waals surface area contributed by atoms with Crippen LogP contribution in [0.3, 0.4) is 0 Å². The number of oxime groups is 1. The molecule has 1 aromatic carbocycles. The topological polar surface area (TPSA) is 62.1 Å². The summed E-state index contributed by atoms with van der Waals surface area (Å²) in [5.41, 5.74) is 2.32. The van der Waals surface area contributed by atoms with E-state index in [0.717, 1.165) is 24.1 Å². The molecule has 2 unspecified atom stereocenters. The summed E-state index contributed by atoms with van der Waals surface area (Å²) in [4.78, 5) is 14.7. The zero-order valence-electron chi connectivity index (χ0n) is 12.2. The standard InChI is InChI=1S/C16H20N2O3/c1-2-15-12(8-10-21-15)16(19)18-9-7-13(17-20)11-5-3-4-6-14(11)18/h3-6,12,15,20H,2,7-10H2,1H3/b17-13-. The van der Waals surface area contributed by atoms with Crippen molar-refractivity contribution in [2.24, 2.45) is 11.1 Å². The molecule has 1 amide bonds. The summed E-state index contributed by atoms with van der Waals surface area (Å²) in [5, 5.41) is 12.5. The normalized spacial score (nSPS) is 26.9. The van der Waals surface area contributed by atoms with E-state index in [2.05, 4.69) is 12.1 Å². The number of nitrogens with zero attached hydrogens (tertiary/aromatic N) is 2. The number of anilines is 1. The van der Waals surface area contributed by atoms with Crippen LogP contribution in [0.15, 0.2) is 29.4 Å². The lowest BCUT2D eigenvalue weighted by Crippen LogP contribution is -2.43. The maximum absolute atomic E-state index is 12.9. The lowest BCUT2D eigenvalue weighted by Gasteiger charge is -2.32. The minimum atomic E-state index is -0.0596. The van der Waals surface area contributed by atoms with Crippen LogP contribution in [0.25, 0.3) is 0 Å². The van der Waals surface area contributed by atoms with Crippen molar-refractivity contribution in [1.82, 2.24) is 0 Å². The predicted octanol–water partition coefficient (Wildman–Crippen LogP) is 2.42. The van der Waals surface area contributed by atoms with Crippen LogP contribution >= 0.6 is 0 Å². The van der Waals surface area contributed by atoms with Gasteiger partial charge in [-0.3, -0.25) is 4.79 Å². The number of hydrogen-bond acceptors (Lipinski definition) is 4. The highest BCUT2D eigenvalue weighted by Crippen LogP contribution is 2.32. The van der Waals surface area contributed by atoms with E-state index < -0.39 is 0 Å². The van der Waals surface area contributed by atoms with Crippen LogP contribution in [0.2, 0.25) is 0 Å². The second-order valence-electron chi connectivity index (χ2n) is 5.52. The number of carbonyl (C=O) groups excluding carboxylic acids is 1. The van der Waals surface area contributed by atoms with Crippen LogP contribution < -0.4 is 4.90 Å². The molecule has 2 aliphatic heterocycles. The number of benzene rings is 1. The Labute approximate surface area is 124 Å². The summed E-state index contributed by atoms with van der Waals surface area (Å²) in [7, 11) is 0. The van der Waals surface area contributed by atoms with E-state index in [1.54, 1.807) is 0 Å². The molecule has 5 nitrogen and oxygen atoms in total. The molecular formula is C16H20N2O3. The van der Waals surface area contributed by atoms with Gasteiger partial charge in [-0.15, -0.1) is 0 Å². The third-order valence-electron chi connectivity index (χ3n) is 4.39. The van der Waals surface area contributed by atoms with Gasteiger partial charge in [0.2, 0.25) is 5.91 Å². The van der Waals surface area contributed by atoms with Crippen molar-refractivity contribution < 1.29 is 14.7 Å². The quantitative estimate of drug-likeness (QED) is 0.671. The molecule has 2 atom stereocenters. The van der Waals surface area contributed by atoms with E-state index in [1.807, 2.05) is 29.2 Å². The van der Waals surface area contributed by atoms with Gasteiger partial charge in [0, 0.05) is 25.1 Å². The Balaban J connectivity index is 1.91. The lowest BCUT2D eigenvalue weighted by molar-refractivity contribution is -0.124. The van der Waals surface area contributed by atoms with E-state index >= 15 is 0 Å². The van der Waals surface area contributed by atoms with Crippen LogP contribution in [-0.2, 0) is 9.53 Å². The molecule has 1 fully saturated rings. The minimum Gasteiger partial charge on any atom is -0.411 e. The van der Waals surface area contributed by atoms with Gasteiger partial charge in [0.15, 0.2) is 0 Å². The molecule has 1 N–H and O–H groups in total. The van der Waals surface area contributed by atoms with Gasteiger partial charge in [0.05, 0.1) is 23.4 Å². The zero-order chi connectivity index (χ0) is 14.8. The third-order valence-corrected chi connectivity index (χ3v) is 4.39. The molecule has 0 aliphatic carbocycles. The van der Waals surface area contributed by atoms with Gasteiger partial charge >= 0.3 is 0 Å². The molecule has 0 saturated carbocycles. The molecule has 5 heteroatoms. The SMILES string of the molecule is CCC1OCCC1C(=O)N1CC/C(=N/O)c2ccccc21. The van der Waals surface area contributed by atoms with Gasteiger partial charge < -0.3 is 14.8 Å². The van der Waals surface area contributed by atoms with Crippen molar-refractivity contribution >= 4 is 17.3 Å². The molecule has 0 aromatic heterocycles. The minimum absolute atomic E-state index is 0.0255. The van der Waals surface area contributed by atoms with Crippen LogP contribution in [-0.4, -0.2) is 36.1 Å². The van der Waals surface area contributed by atoms with Gasteiger partial charge in [-0.2, -0.15) is 0 Å². The number of carbonyl (C=O) groups is 1. The van der Waals surface area contributed by atoms with Crippen molar-refractivity contribution in [1.29, 1.82) is 0 Å². The predicted molar refractivity (Wildman–Crippen MR) is 79.9 cm³/mol. The number of para-hydroxylation sites is 1. The highest BCUT2D eigenvalue weighted by atomic mass is 16.5. The maximum Gasteiger partial charge on any atom is 0.232 e. The fourth-order valence-electron chi connectivity index (χ4n) is 3.29. The second-order valence-corrected chi connectivity index (χ2v) is 5.52. The largest absolute Gasteiger partial charge is 0.411 e. The van der Waals surface area contributed by atoms with Gasteiger partial charge in [0.1, 0.15) is 0 Å². The number of ether oxygens (including phenoxy) is 1. The summed E-state index contributed by atoms with van der Waals surface area (Å²) in [5.74, 6) is 0.0689. The Kier molecular flexibility index (Phi) is 3.92. The maximum atomic E-state index is 12.9. The molecule has 2 aliphatic rings. The first-order valence-electron chi connectivity index (χ1n) is 7.49. The first kappa shape index (κ1) is 14.1. The van der Waals surface area contributed by atoms with Crippen LogP contribution in [0.5, 0.6) is 0 Å².